The average Bonchev–Trinajstić information content (AvgIpc) is 3.24. The Morgan fingerprint density at radius 2 is 2.00 bits per heavy atom. The molecule has 1 fully saturated rings. The number of aryl methyl sites for hydroxylation is 1. The molecule has 8 heteroatoms. The number of piperazine rings is 1. The van der Waals surface area contributed by atoms with Crippen LogP contribution in [0.3, 0.4) is 0 Å². The van der Waals surface area contributed by atoms with Crippen molar-refractivity contribution < 1.29 is 4.79 Å². The van der Waals surface area contributed by atoms with Gasteiger partial charge >= 0.3 is 6.03 Å². The van der Waals surface area contributed by atoms with E-state index in [1.54, 1.807) is 10.0 Å². The summed E-state index contributed by atoms with van der Waals surface area (Å²) >= 11 is 1.48. The molecule has 1 atom stereocenters. The van der Waals surface area contributed by atoms with Gasteiger partial charge in [-0.25, -0.2) is 14.3 Å². The number of carbonyl (C=O) groups is 1. The number of aromatic nitrogens is 3. The van der Waals surface area contributed by atoms with Gasteiger partial charge in [0.1, 0.15) is 5.51 Å². The van der Waals surface area contributed by atoms with Gasteiger partial charge in [-0.05, 0) is 25.5 Å². The quantitative estimate of drug-likeness (QED) is 0.770. The standard InChI is InChI=1S/C18H22N6OS/c1-13-5-3-4-6-16(13)22-7-9-23(10-8-22)17(25)20-14(2)15-11-24-18(21-15)26-12-19-24/h3-6,11-12,14H,7-10H2,1-2H3,(H,20,25)/t14-/m0/s1. The molecule has 3 aromatic rings. The monoisotopic (exact) mass is 370 g/mol. The second-order valence-corrected chi connectivity index (χ2v) is 7.38. The average molecular weight is 370 g/mol. The van der Waals surface area contributed by atoms with Crippen LogP contribution < -0.4 is 10.2 Å². The fourth-order valence-electron chi connectivity index (χ4n) is 3.28. The number of nitrogens with one attached hydrogen (secondary N) is 1. The van der Waals surface area contributed by atoms with Gasteiger partial charge in [0.15, 0.2) is 0 Å². The van der Waals surface area contributed by atoms with Crippen LogP contribution in [0.1, 0.15) is 24.2 Å². The number of nitrogens with zero attached hydrogens (tertiary/aromatic N) is 5. The Kier molecular flexibility index (Phi) is 4.50. The van der Waals surface area contributed by atoms with Gasteiger partial charge in [0.2, 0.25) is 4.96 Å². The molecule has 136 valence electrons. The maximum atomic E-state index is 12.6. The zero-order chi connectivity index (χ0) is 18.1. The highest BCUT2D eigenvalue weighted by molar-refractivity contribution is 7.14. The third-order valence-corrected chi connectivity index (χ3v) is 5.50. The van der Waals surface area contributed by atoms with Crippen molar-refractivity contribution in [1.82, 2.24) is 24.8 Å². The Balaban J connectivity index is 1.34. The number of para-hydroxylation sites is 1. The number of imidazole rings is 1. The van der Waals surface area contributed by atoms with Gasteiger partial charge in [0, 0.05) is 31.9 Å². The van der Waals surface area contributed by atoms with Gasteiger partial charge in [-0.3, -0.25) is 0 Å². The minimum absolute atomic E-state index is 0.0359. The number of hydrogen-bond acceptors (Lipinski definition) is 5. The van der Waals surface area contributed by atoms with Gasteiger partial charge in [0.25, 0.3) is 0 Å². The van der Waals surface area contributed by atoms with Crippen molar-refractivity contribution in [2.45, 2.75) is 19.9 Å². The first-order valence-corrected chi connectivity index (χ1v) is 9.64. The van der Waals surface area contributed by atoms with Crippen LogP contribution in [-0.4, -0.2) is 51.7 Å². The zero-order valence-electron chi connectivity index (χ0n) is 14.9. The first-order valence-electron chi connectivity index (χ1n) is 8.76. The van der Waals surface area contributed by atoms with Crippen LogP contribution >= 0.6 is 11.3 Å². The second kappa shape index (κ2) is 6.95. The van der Waals surface area contributed by atoms with Crippen molar-refractivity contribution in [3.8, 4) is 0 Å². The molecule has 0 spiro atoms. The number of hydrogen-bond donors (Lipinski definition) is 1. The number of benzene rings is 1. The van der Waals surface area contributed by atoms with Crippen molar-refractivity contribution in [3.05, 3.63) is 47.2 Å². The first kappa shape index (κ1) is 16.8. The van der Waals surface area contributed by atoms with Crippen molar-refractivity contribution >= 4 is 28.0 Å². The van der Waals surface area contributed by atoms with E-state index >= 15 is 0 Å². The fourth-order valence-corrected chi connectivity index (χ4v) is 3.89. The van der Waals surface area contributed by atoms with Crippen LogP contribution in [-0.2, 0) is 0 Å². The molecule has 1 aliphatic heterocycles. The summed E-state index contributed by atoms with van der Waals surface area (Å²) in [7, 11) is 0. The van der Waals surface area contributed by atoms with E-state index in [0.717, 1.165) is 23.7 Å². The molecule has 1 saturated heterocycles. The molecule has 1 aliphatic rings. The Labute approximate surface area is 156 Å². The molecule has 26 heavy (non-hydrogen) atoms. The molecular formula is C18H22N6OS. The largest absolute Gasteiger partial charge is 0.368 e. The smallest absolute Gasteiger partial charge is 0.318 e. The summed E-state index contributed by atoms with van der Waals surface area (Å²) in [4.78, 5) is 22.2. The molecule has 7 nitrogen and oxygen atoms in total. The normalized spacial score (nSPS) is 16.1. The second-order valence-electron chi connectivity index (χ2n) is 6.56. The molecule has 2 aromatic heterocycles. The maximum Gasteiger partial charge on any atom is 0.318 e. The van der Waals surface area contributed by atoms with Crippen molar-refractivity contribution in [3.63, 3.8) is 0 Å². The summed E-state index contributed by atoms with van der Waals surface area (Å²) in [5.74, 6) is 0. The Hall–Kier alpha value is -2.61. The summed E-state index contributed by atoms with van der Waals surface area (Å²) < 4.78 is 1.74. The molecule has 0 radical (unpaired) electrons. The van der Waals surface area contributed by atoms with Crippen molar-refractivity contribution in [2.75, 3.05) is 31.1 Å². The van der Waals surface area contributed by atoms with E-state index < -0.39 is 0 Å². The topological polar surface area (TPSA) is 65.8 Å². The number of fused-ring (bicyclic) bond motifs is 1. The molecule has 4 rings (SSSR count). The fraction of sp³-hybridized carbons (Fsp3) is 0.389. The molecule has 3 heterocycles. The lowest BCUT2D eigenvalue weighted by Crippen LogP contribution is -2.52. The molecule has 1 aromatic carbocycles. The highest BCUT2D eigenvalue weighted by atomic mass is 32.1. The minimum Gasteiger partial charge on any atom is -0.368 e. The summed E-state index contributed by atoms with van der Waals surface area (Å²) in [5, 5.41) is 7.23. The predicted molar refractivity (Wildman–Crippen MR) is 103 cm³/mol. The van der Waals surface area contributed by atoms with E-state index in [0.29, 0.717) is 13.1 Å². The van der Waals surface area contributed by atoms with E-state index in [1.807, 2.05) is 18.0 Å². The third kappa shape index (κ3) is 3.24. The zero-order valence-corrected chi connectivity index (χ0v) is 15.7. The Bertz CT molecular complexity index is 883. The maximum absolute atomic E-state index is 12.6. The molecular weight excluding hydrogens is 348 g/mol. The van der Waals surface area contributed by atoms with Crippen molar-refractivity contribution in [1.29, 1.82) is 0 Å². The van der Waals surface area contributed by atoms with Gasteiger partial charge in [-0.1, -0.05) is 29.5 Å². The van der Waals surface area contributed by atoms with E-state index in [1.165, 1.54) is 22.6 Å². The lowest BCUT2D eigenvalue weighted by atomic mass is 10.1. The van der Waals surface area contributed by atoms with Gasteiger partial charge in [-0.2, -0.15) is 5.10 Å². The highest BCUT2D eigenvalue weighted by Gasteiger charge is 2.23. The van der Waals surface area contributed by atoms with Gasteiger partial charge < -0.3 is 15.1 Å². The Morgan fingerprint density at radius 3 is 2.73 bits per heavy atom. The molecule has 2 amide bonds. The summed E-state index contributed by atoms with van der Waals surface area (Å²) in [6.45, 7) is 7.20. The summed E-state index contributed by atoms with van der Waals surface area (Å²) in [6, 6.07) is 8.21. The van der Waals surface area contributed by atoms with Gasteiger partial charge in [-0.15, -0.1) is 0 Å². The lowest BCUT2D eigenvalue weighted by Gasteiger charge is -2.37. The van der Waals surface area contributed by atoms with Gasteiger partial charge in [0.05, 0.1) is 17.9 Å². The van der Waals surface area contributed by atoms with E-state index in [9.17, 15) is 4.79 Å². The molecule has 1 N–H and O–H groups in total. The number of anilines is 1. The molecule has 0 aliphatic carbocycles. The number of amides is 2. The molecule has 0 bridgehead atoms. The number of rotatable bonds is 3. The van der Waals surface area contributed by atoms with Crippen LogP contribution in [0, 0.1) is 6.92 Å². The van der Waals surface area contributed by atoms with Crippen LogP contribution in [0.4, 0.5) is 10.5 Å². The third-order valence-electron chi connectivity index (χ3n) is 4.81. The summed E-state index contributed by atoms with van der Waals surface area (Å²) in [6.07, 6.45) is 1.87. The summed E-state index contributed by atoms with van der Waals surface area (Å²) in [5.41, 5.74) is 5.11. The number of urea groups is 1. The van der Waals surface area contributed by atoms with E-state index in [2.05, 4.69) is 51.5 Å². The SMILES string of the molecule is Cc1ccccc1N1CCN(C(=O)N[C@@H](C)c2cn3ncsc3n2)CC1. The molecule has 0 saturated carbocycles. The predicted octanol–water partition coefficient (Wildman–Crippen LogP) is 2.69. The Morgan fingerprint density at radius 1 is 1.23 bits per heavy atom. The van der Waals surface area contributed by atoms with Crippen LogP contribution in [0.15, 0.2) is 36.0 Å². The van der Waals surface area contributed by atoms with Crippen molar-refractivity contribution in [2.24, 2.45) is 0 Å². The first-order chi connectivity index (χ1) is 12.6. The van der Waals surface area contributed by atoms with Crippen LogP contribution in [0.25, 0.3) is 4.96 Å². The minimum atomic E-state index is -0.147. The molecule has 0 unspecified atom stereocenters. The van der Waals surface area contributed by atoms with Crippen LogP contribution in [0.5, 0.6) is 0 Å². The van der Waals surface area contributed by atoms with E-state index in [-0.39, 0.29) is 12.1 Å². The number of carbonyl (C=O) groups excluding carboxylic acids is 1. The lowest BCUT2D eigenvalue weighted by molar-refractivity contribution is 0.191. The highest BCUT2D eigenvalue weighted by Crippen LogP contribution is 2.21. The van der Waals surface area contributed by atoms with Crippen LogP contribution in [0.2, 0.25) is 0 Å². The van der Waals surface area contributed by atoms with E-state index in [4.69, 9.17) is 0 Å².